The van der Waals surface area contributed by atoms with Crippen LogP contribution in [0, 0.1) is 0 Å². The maximum atomic E-state index is 6.22. The summed E-state index contributed by atoms with van der Waals surface area (Å²) in [7, 11) is 1.57. The highest BCUT2D eigenvalue weighted by Crippen LogP contribution is 2.36. The molecule has 0 N–H and O–H groups in total. The van der Waals surface area contributed by atoms with Crippen molar-refractivity contribution in [1.29, 1.82) is 0 Å². The Bertz CT molecular complexity index is 597. The van der Waals surface area contributed by atoms with Gasteiger partial charge in [0.05, 0.1) is 24.5 Å². The predicted molar refractivity (Wildman–Crippen MR) is 76.8 cm³/mol. The van der Waals surface area contributed by atoms with Gasteiger partial charge in [0.25, 0.3) is 0 Å². The molecule has 1 heterocycles. The highest BCUT2D eigenvalue weighted by atomic mass is 35.5. The van der Waals surface area contributed by atoms with Crippen LogP contribution < -0.4 is 9.47 Å². The Labute approximate surface area is 122 Å². The van der Waals surface area contributed by atoms with Crippen molar-refractivity contribution in [1.82, 2.24) is 14.9 Å². The van der Waals surface area contributed by atoms with Crippen LogP contribution in [-0.2, 0) is 0 Å². The van der Waals surface area contributed by atoms with E-state index >= 15 is 0 Å². The van der Waals surface area contributed by atoms with Gasteiger partial charge < -0.3 is 9.47 Å². The normalized spacial score (nSPS) is 11.2. The molecule has 2 rings (SSSR count). The lowest BCUT2D eigenvalue weighted by Crippen LogP contribution is -2.07. The number of halogens is 1. The van der Waals surface area contributed by atoms with Crippen molar-refractivity contribution in [2.45, 2.75) is 20.0 Å². The van der Waals surface area contributed by atoms with Gasteiger partial charge in [0.2, 0.25) is 0 Å². The van der Waals surface area contributed by atoms with Gasteiger partial charge in [-0.05, 0) is 31.5 Å². The molecule has 0 radical (unpaired) electrons. The summed E-state index contributed by atoms with van der Waals surface area (Å²) < 4.78 is 12.4. The van der Waals surface area contributed by atoms with E-state index in [1.807, 2.05) is 13.8 Å². The van der Waals surface area contributed by atoms with Crippen LogP contribution in [0.3, 0.4) is 0 Å². The number of nitrogens with zero attached hydrogens (tertiary/aromatic N) is 4. The lowest BCUT2D eigenvalue weighted by atomic mass is 10.2. The second kappa shape index (κ2) is 6.38. The van der Waals surface area contributed by atoms with E-state index in [1.54, 1.807) is 25.5 Å². The molecular weight excluding hydrogens is 280 g/mol. The van der Waals surface area contributed by atoms with Crippen molar-refractivity contribution in [3.63, 3.8) is 0 Å². The zero-order chi connectivity index (χ0) is 14.5. The molecule has 7 heteroatoms. The molecule has 0 aliphatic heterocycles. The molecule has 2 aromatic rings. The quantitative estimate of drug-likeness (QED) is 0.795. The highest BCUT2D eigenvalue weighted by Gasteiger charge is 2.12. The molecule has 0 bridgehead atoms. The van der Waals surface area contributed by atoms with Crippen molar-refractivity contribution in [3.8, 4) is 11.5 Å². The molecule has 0 aliphatic carbocycles. The smallest absolute Gasteiger partial charge is 0.180 e. The van der Waals surface area contributed by atoms with Crippen molar-refractivity contribution >= 4 is 17.8 Å². The number of benzene rings is 1. The maximum Gasteiger partial charge on any atom is 0.180 e. The van der Waals surface area contributed by atoms with Gasteiger partial charge in [-0.25, -0.2) is 4.68 Å². The first kappa shape index (κ1) is 14.3. The molecule has 0 spiro atoms. The Morgan fingerprint density at radius 1 is 1.30 bits per heavy atom. The Balaban J connectivity index is 2.30. The van der Waals surface area contributed by atoms with E-state index in [2.05, 4.69) is 15.3 Å². The Kier molecular flexibility index (Phi) is 4.57. The van der Waals surface area contributed by atoms with Gasteiger partial charge in [-0.15, -0.1) is 10.2 Å². The number of aromatic nitrogens is 3. The molecule has 0 atom stereocenters. The zero-order valence-corrected chi connectivity index (χ0v) is 12.2. The van der Waals surface area contributed by atoms with Crippen molar-refractivity contribution in [2.75, 3.05) is 7.11 Å². The standard InChI is InChI=1S/C13H15ClN4O2/c1-9(2)20-13-11(14)4-10(5-12(13)19-3)6-17-18-7-15-16-8-18/h4-9H,1-3H3/b17-6-. The molecular formula is C13H15ClN4O2. The van der Waals surface area contributed by atoms with Crippen LogP contribution >= 0.6 is 11.6 Å². The fourth-order valence-electron chi connectivity index (χ4n) is 1.55. The summed E-state index contributed by atoms with van der Waals surface area (Å²) in [6.45, 7) is 3.86. The second-order valence-corrected chi connectivity index (χ2v) is 4.69. The maximum absolute atomic E-state index is 6.22. The summed E-state index contributed by atoms with van der Waals surface area (Å²) in [6, 6.07) is 3.56. The summed E-state index contributed by atoms with van der Waals surface area (Å²) in [6.07, 6.45) is 4.63. The summed E-state index contributed by atoms with van der Waals surface area (Å²) >= 11 is 6.22. The summed E-state index contributed by atoms with van der Waals surface area (Å²) in [5.41, 5.74) is 0.789. The minimum Gasteiger partial charge on any atom is -0.493 e. The first-order valence-electron chi connectivity index (χ1n) is 6.03. The number of hydrogen-bond acceptors (Lipinski definition) is 5. The fourth-order valence-corrected chi connectivity index (χ4v) is 1.82. The molecule has 0 fully saturated rings. The van der Waals surface area contributed by atoms with E-state index in [4.69, 9.17) is 21.1 Å². The van der Waals surface area contributed by atoms with Gasteiger partial charge in [0.1, 0.15) is 12.7 Å². The predicted octanol–water partition coefficient (Wildman–Crippen LogP) is 2.61. The number of ether oxygens (including phenoxy) is 2. The first-order valence-corrected chi connectivity index (χ1v) is 6.41. The third-order valence-electron chi connectivity index (χ3n) is 2.35. The molecule has 6 nitrogen and oxygen atoms in total. The third kappa shape index (κ3) is 3.48. The van der Waals surface area contributed by atoms with Crippen molar-refractivity contribution in [2.24, 2.45) is 5.10 Å². The Hall–Kier alpha value is -2.08. The van der Waals surface area contributed by atoms with E-state index in [9.17, 15) is 0 Å². The molecule has 0 saturated carbocycles. The number of methoxy groups -OCH3 is 1. The van der Waals surface area contributed by atoms with E-state index in [1.165, 1.54) is 17.3 Å². The molecule has 1 aromatic carbocycles. The summed E-state index contributed by atoms with van der Waals surface area (Å²) in [5.74, 6) is 1.10. The molecule has 0 amide bonds. The second-order valence-electron chi connectivity index (χ2n) is 4.29. The first-order chi connectivity index (χ1) is 9.60. The molecule has 0 unspecified atom stereocenters. The van der Waals surface area contributed by atoms with Crippen LogP contribution in [0.4, 0.5) is 0 Å². The van der Waals surface area contributed by atoms with Crippen molar-refractivity contribution in [3.05, 3.63) is 35.4 Å². The number of rotatable bonds is 5. The fraction of sp³-hybridized carbons (Fsp3) is 0.308. The van der Waals surface area contributed by atoms with Gasteiger partial charge in [-0.2, -0.15) is 5.10 Å². The van der Waals surface area contributed by atoms with Crippen LogP contribution in [0.25, 0.3) is 0 Å². The Morgan fingerprint density at radius 2 is 2.00 bits per heavy atom. The monoisotopic (exact) mass is 294 g/mol. The van der Waals surface area contributed by atoms with Crippen LogP contribution in [-0.4, -0.2) is 34.3 Å². The van der Waals surface area contributed by atoms with Gasteiger partial charge in [-0.1, -0.05) is 11.6 Å². The minimum absolute atomic E-state index is 0.0120. The van der Waals surface area contributed by atoms with Crippen LogP contribution in [0.5, 0.6) is 11.5 Å². The minimum atomic E-state index is 0.0120. The zero-order valence-electron chi connectivity index (χ0n) is 11.4. The SMILES string of the molecule is COc1cc(/C=N\n2cnnc2)cc(Cl)c1OC(C)C. The average Bonchev–Trinajstić information content (AvgIpc) is 2.91. The molecule has 0 aliphatic rings. The highest BCUT2D eigenvalue weighted by molar-refractivity contribution is 6.32. The largest absolute Gasteiger partial charge is 0.493 e. The third-order valence-corrected chi connectivity index (χ3v) is 2.63. The topological polar surface area (TPSA) is 61.5 Å². The molecule has 20 heavy (non-hydrogen) atoms. The molecule has 0 saturated heterocycles. The van der Waals surface area contributed by atoms with E-state index < -0.39 is 0 Å². The van der Waals surface area contributed by atoms with Gasteiger partial charge in [0.15, 0.2) is 11.5 Å². The molecule has 106 valence electrons. The lowest BCUT2D eigenvalue weighted by molar-refractivity contribution is 0.230. The van der Waals surface area contributed by atoms with Crippen molar-refractivity contribution < 1.29 is 9.47 Å². The van der Waals surface area contributed by atoms with E-state index in [-0.39, 0.29) is 6.10 Å². The van der Waals surface area contributed by atoms with Crippen LogP contribution in [0.15, 0.2) is 29.9 Å². The Morgan fingerprint density at radius 3 is 2.60 bits per heavy atom. The molecule has 1 aromatic heterocycles. The van der Waals surface area contributed by atoms with Crippen LogP contribution in [0.2, 0.25) is 5.02 Å². The lowest BCUT2D eigenvalue weighted by Gasteiger charge is -2.15. The van der Waals surface area contributed by atoms with Crippen LogP contribution in [0.1, 0.15) is 19.4 Å². The van der Waals surface area contributed by atoms with Gasteiger partial charge in [0, 0.05) is 0 Å². The van der Waals surface area contributed by atoms with E-state index in [0.29, 0.717) is 16.5 Å². The van der Waals surface area contributed by atoms with Gasteiger partial charge >= 0.3 is 0 Å². The summed E-state index contributed by atoms with van der Waals surface area (Å²) in [5, 5.41) is 12.0. The van der Waals surface area contributed by atoms with E-state index in [0.717, 1.165) is 5.56 Å². The number of hydrogen-bond donors (Lipinski definition) is 0. The average molecular weight is 295 g/mol. The van der Waals surface area contributed by atoms with Gasteiger partial charge in [-0.3, -0.25) is 0 Å². The summed E-state index contributed by atoms with van der Waals surface area (Å²) in [4.78, 5) is 0.